The van der Waals surface area contributed by atoms with Gasteiger partial charge in [0.05, 0.1) is 13.2 Å². The van der Waals surface area contributed by atoms with E-state index in [2.05, 4.69) is 16.7 Å². The van der Waals surface area contributed by atoms with E-state index in [9.17, 15) is 13.6 Å². The van der Waals surface area contributed by atoms with Crippen LogP contribution in [0.4, 0.5) is 8.78 Å². The Morgan fingerprint density at radius 2 is 1.43 bits per heavy atom. The predicted molar refractivity (Wildman–Crippen MR) is 133 cm³/mol. The minimum atomic E-state index is -0.399. The molecular formula is C28H38F2N2O3. The average molecular weight is 489 g/mol. The molecule has 0 aromatic heterocycles. The van der Waals surface area contributed by atoms with Crippen LogP contribution in [0.2, 0.25) is 0 Å². The van der Waals surface area contributed by atoms with Gasteiger partial charge in [-0.2, -0.15) is 0 Å². The van der Waals surface area contributed by atoms with E-state index in [1.165, 1.54) is 37.1 Å². The van der Waals surface area contributed by atoms with Gasteiger partial charge in [-0.05, 0) is 48.7 Å². The fourth-order valence-electron chi connectivity index (χ4n) is 4.31. The highest BCUT2D eigenvalue weighted by Crippen LogP contribution is 2.26. The monoisotopic (exact) mass is 488 g/mol. The molecule has 35 heavy (non-hydrogen) atoms. The topological polar surface area (TPSA) is 42.0 Å². The number of ether oxygens (including phenoxy) is 2. The van der Waals surface area contributed by atoms with E-state index in [-0.39, 0.29) is 23.6 Å². The molecule has 0 N–H and O–H groups in total. The smallest absolute Gasteiger partial charge is 0.323 e. The van der Waals surface area contributed by atoms with Crippen LogP contribution in [0.5, 0.6) is 0 Å². The number of nitrogens with zero attached hydrogens (tertiary/aromatic N) is 2. The molecule has 0 spiro atoms. The lowest BCUT2D eigenvalue weighted by molar-refractivity contribution is -0.150. The van der Waals surface area contributed by atoms with Crippen LogP contribution in [0.3, 0.4) is 0 Å². The van der Waals surface area contributed by atoms with E-state index in [0.717, 1.165) is 56.7 Å². The van der Waals surface area contributed by atoms with Gasteiger partial charge in [0.2, 0.25) is 0 Å². The van der Waals surface area contributed by atoms with E-state index < -0.39 is 6.10 Å². The lowest BCUT2D eigenvalue weighted by Crippen LogP contribution is -2.52. The first-order valence-corrected chi connectivity index (χ1v) is 12.7. The Balaban J connectivity index is 1.44. The van der Waals surface area contributed by atoms with Gasteiger partial charge in [-0.3, -0.25) is 14.6 Å². The van der Waals surface area contributed by atoms with Gasteiger partial charge in [-0.1, -0.05) is 50.5 Å². The maximum Gasteiger partial charge on any atom is 0.323 e. The Labute approximate surface area is 208 Å². The summed E-state index contributed by atoms with van der Waals surface area (Å²) in [6.07, 6.45) is 3.97. The number of halogens is 2. The van der Waals surface area contributed by atoms with Crippen molar-refractivity contribution in [3.63, 3.8) is 0 Å². The Kier molecular flexibility index (Phi) is 11.1. The van der Waals surface area contributed by atoms with Crippen LogP contribution < -0.4 is 0 Å². The number of rotatable bonds is 13. The molecule has 3 rings (SSSR count). The number of benzene rings is 2. The van der Waals surface area contributed by atoms with Crippen LogP contribution in [0.1, 0.15) is 56.8 Å². The van der Waals surface area contributed by atoms with Crippen molar-refractivity contribution in [1.82, 2.24) is 9.80 Å². The fourth-order valence-corrected chi connectivity index (χ4v) is 4.31. The molecule has 2 aromatic carbocycles. The zero-order chi connectivity index (χ0) is 25.0. The van der Waals surface area contributed by atoms with Gasteiger partial charge in [0.25, 0.3) is 0 Å². The highest BCUT2D eigenvalue weighted by molar-refractivity contribution is 5.75. The van der Waals surface area contributed by atoms with Gasteiger partial charge in [-0.25, -0.2) is 8.78 Å². The third-order valence-corrected chi connectivity index (χ3v) is 6.58. The van der Waals surface area contributed by atoms with Crippen molar-refractivity contribution in [3.05, 3.63) is 71.3 Å². The third-order valence-electron chi connectivity index (χ3n) is 6.58. The van der Waals surface area contributed by atoms with Crippen LogP contribution in [0.25, 0.3) is 0 Å². The van der Waals surface area contributed by atoms with Crippen molar-refractivity contribution >= 4 is 5.97 Å². The Morgan fingerprint density at radius 3 is 1.97 bits per heavy atom. The largest absolute Gasteiger partial charge is 0.465 e. The first kappa shape index (κ1) is 27.2. The quantitative estimate of drug-likeness (QED) is 0.286. The van der Waals surface area contributed by atoms with Crippen molar-refractivity contribution in [2.75, 3.05) is 45.9 Å². The summed E-state index contributed by atoms with van der Waals surface area (Å²) in [6, 6.07) is 12.2. The molecule has 1 atom stereocenters. The lowest BCUT2D eigenvalue weighted by Gasteiger charge is -2.37. The Morgan fingerprint density at radius 1 is 0.857 bits per heavy atom. The van der Waals surface area contributed by atoms with Crippen LogP contribution in [-0.4, -0.2) is 67.7 Å². The first-order chi connectivity index (χ1) is 17.0. The molecule has 7 heteroatoms. The van der Waals surface area contributed by atoms with E-state index in [1.54, 1.807) is 24.3 Å². The van der Waals surface area contributed by atoms with E-state index in [4.69, 9.17) is 9.47 Å². The lowest BCUT2D eigenvalue weighted by atomic mass is 10.0. The van der Waals surface area contributed by atoms with Crippen molar-refractivity contribution in [1.29, 1.82) is 0 Å². The number of hydrogen-bond donors (Lipinski definition) is 0. The van der Waals surface area contributed by atoms with Crippen LogP contribution in [0, 0.1) is 11.6 Å². The van der Waals surface area contributed by atoms with Gasteiger partial charge in [0, 0.05) is 32.7 Å². The Bertz CT molecular complexity index is 839. The number of esters is 1. The molecule has 0 radical (unpaired) electrons. The molecule has 1 unspecified atom stereocenters. The van der Waals surface area contributed by atoms with Gasteiger partial charge < -0.3 is 9.47 Å². The summed E-state index contributed by atoms with van der Waals surface area (Å²) in [5.41, 5.74) is 1.65. The molecule has 0 saturated carbocycles. The minimum absolute atomic E-state index is 0.139. The summed E-state index contributed by atoms with van der Waals surface area (Å²) in [5.74, 6) is -0.752. The summed E-state index contributed by atoms with van der Waals surface area (Å²) >= 11 is 0. The molecule has 0 aliphatic carbocycles. The molecule has 1 aliphatic heterocycles. The zero-order valence-corrected chi connectivity index (χ0v) is 20.9. The summed E-state index contributed by atoms with van der Waals surface area (Å²) in [6.45, 7) is 9.08. The number of unbranched alkanes of at least 4 members (excludes halogenated alkanes) is 3. The van der Waals surface area contributed by atoms with Gasteiger partial charge in [-0.15, -0.1) is 0 Å². The summed E-state index contributed by atoms with van der Waals surface area (Å²) in [7, 11) is 0. The third kappa shape index (κ3) is 8.67. The van der Waals surface area contributed by atoms with Crippen molar-refractivity contribution in [2.24, 2.45) is 0 Å². The molecule has 0 bridgehead atoms. The van der Waals surface area contributed by atoms with Crippen LogP contribution >= 0.6 is 0 Å². The molecule has 0 amide bonds. The van der Waals surface area contributed by atoms with Gasteiger partial charge >= 0.3 is 5.97 Å². The summed E-state index contributed by atoms with van der Waals surface area (Å²) < 4.78 is 38.5. The maximum absolute atomic E-state index is 13.4. The normalized spacial score (nSPS) is 15.9. The van der Waals surface area contributed by atoms with Crippen LogP contribution in [0.15, 0.2) is 48.5 Å². The summed E-state index contributed by atoms with van der Waals surface area (Å²) in [4.78, 5) is 16.9. The van der Waals surface area contributed by atoms with Gasteiger partial charge in [0.15, 0.2) is 0 Å². The molecule has 192 valence electrons. The standard InChI is InChI=1S/C28H38F2N2O3/c1-3-4-5-6-20-35-28(33)22(2)32-17-15-31(16-18-32)19-21-34-27(23-7-11-25(29)12-8-23)24-9-13-26(30)14-10-24/h7-14,22,27H,3-6,15-21H2,1-2H3. The molecule has 1 aliphatic rings. The number of carbonyl (C=O) groups is 1. The Hall–Kier alpha value is -2.35. The van der Waals surface area contributed by atoms with Gasteiger partial charge in [0.1, 0.15) is 23.8 Å². The molecule has 1 fully saturated rings. The maximum atomic E-state index is 13.4. The van der Waals surface area contributed by atoms with E-state index in [0.29, 0.717) is 13.2 Å². The van der Waals surface area contributed by atoms with Crippen molar-refractivity contribution < 1.29 is 23.0 Å². The SMILES string of the molecule is CCCCCCOC(=O)C(C)N1CCN(CCOC(c2ccc(F)cc2)c2ccc(F)cc2)CC1. The number of piperazine rings is 1. The molecule has 2 aromatic rings. The molecular weight excluding hydrogens is 450 g/mol. The zero-order valence-electron chi connectivity index (χ0n) is 20.9. The fraction of sp³-hybridized carbons (Fsp3) is 0.536. The van der Waals surface area contributed by atoms with Crippen LogP contribution in [-0.2, 0) is 14.3 Å². The van der Waals surface area contributed by atoms with E-state index >= 15 is 0 Å². The molecule has 5 nitrogen and oxygen atoms in total. The molecule has 1 heterocycles. The minimum Gasteiger partial charge on any atom is -0.465 e. The van der Waals surface area contributed by atoms with Crippen molar-refractivity contribution in [2.45, 2.75) is 51.7 Å². The number of hydrogen-bond acceptors (Lipinski definition) is 5. The predicted octanol–water partition coefficient (Wildman–Crippen LogP) is 5.20. The van der Waals surface area contributed by atoms with E-state index in [1.807, 2.05) is 6.92 Å². The van der Waals surface area contributed by atoms with Crippen molar-refractivity contribution in [3.8, 4) is 0 Å². The second-order valence-corrected chi connectivity index (χ2v) is 9.14. The average Bonchev–Trinajstić information content (AvgIpc) is 2.88. The second-order valence-electron chi connectivity index (χ2n) is 9.14. The highest BCUT2D eigenvalue weighted by atomic mass is 19.1. The molecule has 1 saturated heterocycles. The summed E-state index contributed by atoms with van der Waals surface area (Å²) in [5, 5.41) is 0. The number of carbonyl (C=O) groups excluding carboxylic acids is 1. The second kappa shape index (κ2) is 14.3. The highest BCUT2D eigenvalue weighted by Gasteiger charge is 2.26. The first-order valence-electron chi connectivity index (χ1n) is 12.7.